The molecule has 0 aliphatic rings. The fourth-order valence-electron chi connectivity index (χ4n) is 1.76. The molecule has 21 heavy (non-hydrogen) atoms. The van der Waals surface area contributed by atoms with Gasteiger partial charge in [-0.25, -0.2) is 0 Å². The van der Waals surface area contributed by atoms with E-state index in [0.29, 0.717) is 18.7 Å². The van der Waals surface area contributed by atoms with Crippen molar-refractivity contribution in [2.75, 3.05) is 6.54 Å². The molecule has 0 atom stereocenters. The Bertz CT molecular complexity index is 592. The molecule has 0 fully saturated rings. The maximum absolute atomic E-state index is 12.5. The first-order valence-corrected chi connectivity index (χ1v) is 7.27. The van der Waals surface area contributed by atoms with Gasteiger partial charge in [-0.3, -0.25) is 0 Å². The van der Waals surface area contributed by atoms with Gasteiger partial charge in [-0.2, -0.15) is 13.2 Å². The topological polar surface area (TPSA) is 56.7 Å². The summed E-state index contributed by atoms with van der Waals surface area (Å²) < 4.78 is 39.2. The molecule has 0 aliphatic carbocycles. The Kier molecular flexibility index (Phi) is 4.89. The van der Waals surface area contributed by atoms with E-state index in [4.69, 9.17) is 5.73 Å². The van der Waals surface area contributed by atoms with Crippen LogP contribution in [0.4, 0.5) is 13.2 Å². The number of hydrogen-bond acceptors (Lipinski definition) is 4. The Hall–Kier alpha value is -1.54. The summed E-state index contributed by atoms with van der Waals surface area (Å²) in [6, 6.07) is 5.14. The molecule has 4 nitrogen and oxygen atoms in total. The molecular formula is C13H15F3N4S. The van der Waals surface area contributed by atoms with Crippen molar-refractivity contribution in [3.05, 3.63) is 41.2 Å². The van der Waals surface area contributed by atoms with Crippen molar-refractivity contribution >= 4 is 11.8 Å². The van der Waals surface area contributed by atoms with Crippen molar-refractivity contribution in [1.82, 2.24) is 14.8 Å². The molecule has 0 amide bonds. The third-order valence-corrected chi connectivity index (χ3v) is 4.03. The van der Waals surface area contributed by atoms with E-state index in [1.54, 1.807) is 0 Å². The van der Waals surface area contributed by atoms with E-state index in [-0.39, 0.29) is 0 Å². The quantitative estimate of drug-likeness (QED) is 0.862. The smallest absolute Gasteiger partial charge is 0.330 e. The Morgan fingerprint density at radius 1 is 1.19 bits per heavy atom. The van der Waals surface area contributed by atoms with Crippen LogP contribution in [-0.2, 0) is 25.4 Å². The van der Waals surface area contributed by atoms with Crippen molar-refractivity contribution < 1.29 is 13.2 Å². The maximum atomic E-state index is 12.5. The number of hydrogen-bond donors (Lipinski definition) is 1. The van der Waals surface area contributed by atoms with Crippen LogP contribution in [0.5, 0.6) is 0 Å². The normalized spacial score (nSPS) is 11.9. The van der Waals surface area contributed by atoms with Crippen LogP contribution in [0, 0.1) is 0 Å². The van der Waals surface area contributed by atoms with Crippen molar-refractivity contribution in [3.63, 3.8) is 0 Å². The predicted octanol–water partition coefficient (Wildman–Crippen LogP) is 2.63. The molecule has 0 spiro atoms. The van der Waals surface area contributed by atoms with Gasteiger partial charge in [0.15, 0.2) is 5.16 Å². The summed E-state index contributed by atoms with van der Waals surface area (Å²) in [5.74, 6) is 1.33. The molecule has 0 bridgehead atoms. The molecule has 2 rings (SSSR count). The standard InChI is InChI=1S/C13H15F3N4S/c1-20-11(6-7-17)18-19-12(20)21-8-9-2-4-10(5-3-9)13(14,15)16/h2-5H,6-8,17H2,1H3. The first-order valence-electron chi connectivity index (χ1n) is 6.29. The van der Waals surface area contributed by atoms with Crippen molar-refractivity contribution in [3.8, 4) is 0 Å². The minimum absolute atomic E-state index is 0.496. The number of benzene rings is 1. The van der Waals surface area contributed by atoms with Crippen LogP contribution in [0.2, 0.25) is 0 Å². The van der Waals surface area contributed by atoms with Crippen molar-refractivity contribution in [1.29, 1.82) is 0 Å². The van der Waals surface area contributed by atoms with Gasteiger partial charge in [0, 0.05) is 19.2 Å². The summed E-state index contributed by atoms with van der Waals surface area (Å²) in [6.07, 6.45) is -3.66. The van der Waals surface area contributed by atoms with Crippen LogP contribution in [0.15, 0.2) is 29.4 Å². The molecule has 0 saturated heterocycles. The van der Waals surface area contributed by atoms with Crippen LogP contribution < -0.4 is 5.73 Å². The van der Waals surface area contributed by atoms with Crippen LogP contribution in [0.25, 0.3) is 0 Å². The summed E-state index contributed by atoms with van der Waals surface area (Å²) in [5.41, 5.74) is 5.64. The summed E-state index contributed by atoms with van der Waals surface area (Å²) in [4.78, 5) is 0. The van der Waals surface area contributed by atoms with Crippen molar-refractivity contribution in [2.24, 2.45) is 12.8 Å². The predicted molar refractivity (Wildman–Crippen MR) is 74.8 cm³/mol. The van der Waals surface area contributed by atoms with Gasteiger partial charge >= 0.3 is 6.18 Å². The van der Waals surface area contributed by atoms with E-state index in [1.807, 2.05) is 11.6 Å². The molecule has 1 aromatic heterocycles. The summed E-state index contributed by atoms with van der Waals surface area (Å²) in [5, 5.41) is 8.79. The number of nitrogens with two attached hydrogens (primary N) is 1. The highest BCUT2D eigenvalue weighted by atomic mass is 32.2. The lowest BCUT2D eigenvalue weighted by molar-refractivity contribution is -0.137. The fraction of sp³-hybridized carbons (Fsp3) is 0.385. The number of alkyl halides is 3. The first-order chi connectivity index (χ1) is 9.91. The molecule has 0 aliphatic heterocycles. The lowest BCUT2D eigenvalue weighted by atomic mass is 10.1. The monoisotopic (exact) mass is 316 g/mol. The molecule has 1 heterocycles. The molecule has 2 N–H and O–H groups in total. The summed E-state index contributed by atoms with van der Waals surface area (Å²) in [7, 11) is 1.85. The average molecular weight is 316 g/mol. The van der Waals surface area contributed by atoms with Gasteiger partial charge in [-0.05, 0) is 24.2 Å². The number of rotatable bonds is 5. The molecule has 0 saturated carbocycles. The maximum Gasteiger partial charge on any atom is 0.416 e. The van der Waals surface area contributed by atoms with E-state index < -0.39 is 11.7 Å². The van der Waals surface area contributed by atoms with Crippen LogP contribution in [0.3, 0.4) is 0 Å². The third-order valence-electron chi connectivity index (χ3n) is 2.94. The fourth-order valence-corrected chi connectivity index (χ4v) is 2.64. The summed E-state index contributed by atoms with van der Waals surface area (Å²) in [6.45, 7) is 0.496. The van der Waals surface area contributed by atoms with E-state index in [9.17, 15) is 13.2 Å². The lowest BCUT2D eigenvalue weighted by Crippen LogP contribution is -2.08. The molecular weight excluding hydrogens is 301 g/mol. The molecule has 0 unspecified atom stereocenters. The zero-order chi connectivity index (χ0) is 15.5. The largest absolute Gasteiger partial charge is 0.416 e. The van der Waals surface area contributed by atoms with E-state index >= 15 is 0 Å². The third kappa shape index (κ3) is 3.98. The minimum atomic E-state index is -4.30. The second-order valence-electron chi connectivity index (χ2n) is 4.48. The molecule has 114 valence electrons. The first kappa shape index (κ1) is 15.8. The Morgan fingerprint density at radius 2 is 1.86 bits per heavy atom. The van der Waals surface area contributed by atoms with E-state index in [1.165, 1.54) is 23.9 Å². The van der Waals surface area contributed by atoms with Gasteiger partial charge in [0.25, 0.3) is 0 Å². The van der Waals surface area contributed by atoms with Gasteiger partial charge in [0.2, 0.25) is 0 Å². The van der Waals surface area contributed by atoms with E-state index in [2.05, 4.69) is 10.2 Å². The molecule has 1 aromatic carbocycles. The Labute approximate surface area is 124 Å². The van der Waals surface area contributed by atoms with Gasteiger partial charge < -0.3 is 10.3 Å². The second kappa shape index (κ2) is 6.48. The number of aromatic nitrogens is 3. The van der Waals surface area contributed by atoms with Gasteiger partial charge in [0.1, 0.15) is 5.82 Å². The van der Waals surface area contributed by atoms with Crippen LogP contribution >= 0.6 is 11.8 Å². The highest BCUT2D eigenvalue weighted by Gasteiger charge is 2.29. The molecule has 2 aromatic rings. The summed E-state index contributed by atoms with van der Waals surface area (Å²) >= 11 is 1.43. The number of thioether (sulfide) groups is 1. The minimum Gasteiger partial charge on any atom is -0.330 e. The number of halogens is 3. The van der Waals surface area contributed by atoms with Gasteiger partial charge in [-0.1, -0.05) is 23.9 Å². The number of nitrogens with zero attached hydrogens (tertiary/aromatic N) is 3. The molecule has 8 heteroatoms. The lowest BCUT2D eigenvalue weighted by Gasteiger charge is -2.07. The highest BCUT2D eigenvalue weighted by Crippen LogP contribution is 2.30. The Balaban J connectivity index is 2.00. The van der Waals surface area contributed by atoms with Crippen LogP contribution in [0.1, 0.15) is 17.0 Å². The Morgan fingerprint density at radius 3 is 2.43 bits per heavy atom. The average Bonchev–Trinajstić information content (AvgIpc) is 2.78. The SMILES string of the molecule is Cn1c(CCN)nnc1SCc1ccc(C(F)(F)F)cc1. The van der Waals surface area contributed by atoms with Gasteiger partial charge in [0.05, 0.1) is 5.56 Å². The van der Waals surface area contributed by atoms with Crippen molar-refractivity contribution in [2.45, 2.75) is 23.5 Å². The molecule has 0 radical (unpaired) electrons. The second-order valence-corrected chi connectivity index (χ2v) is 5.42. The zero-order valence-corrected chi connectivity index (χ0v) is 12.2. The highest BCUT2D eigenvalue weighted by molar-refractivity contribution is 7.98. The van der Waals surface area contributed by atoms with E-state index in [0.717, 1.165) is 28.7 Å². The van der Waals surface area contributed by atoms with Gasteiger partial charge in [-0.15, -0.1) is 10.2 Å². The van der Waals surface area contributed by atoms with Crippen LogP contribution in [-0.4, -0.2) is 21.3 Å². The zero-order valence-electron chi connectivity index (χ0n) is 11.4.